The molecule has 3 N–H and O–H groups in total. The number of carbonyl (C=O) groups is 2. The minimum Gasteiger partial charge on any atom is -0.393 e. The van der Waals surface area contributed by atoms with Gasteiger partial charge < -0.3 is 15.7 Å². The van der Waals surface area contributed by atoms with Crippen molar-refractivity contribution >= 4 is 11.8 Å². The lowest BCUT2D eigenvalue weighted by atomic mass is 9.76. The fourth-order valence-electron chi connectivity index (χ4n) is 5.48. The lowest BCUT2D eigenvalue weighted by molar-refractivity contribution is -0.127. The van der Waals surface area contributed by atoms with Gasteiger partial charge >= 0.3 is 0 Å². The number of aryl methyl sites for hydroxylation is 1. The van der Waals surface area contributed by atoms with Crippen molar-refractivity contribution in [2.24, 2.45) is 5.92 Å². The molecule has 0 atom stereocenters. The van der Waals surface area contributed by atoms with Crippen molar-refractivity contribution in [2.75, 3.05) is 7.05 Å². The Morgan fingerprint density at radius 2 is 1.48 bits per heavy atom. The molecular formula is C28H36N2O3. The van der Waals surface area contributed by atoms with Crippen LogP contribution in [-0.2, 0) is 4.79 Å². The summed E-state index contributed by atoms with van der Waals surface area (Å²) in [6.07, 6.45) is 7.15. The molecule has 0 spiro atoms. The van der Waals surface area contributed by atoms with Crippen molar-refractivity contribution in [2.45, 2.75) is 76.4 Å². The van der Waals surface area contributed by atoms with E-state index in [-0.39, 0.29) is 29.9 Å². The van der Waals surface area contributed by atoms with Crippen LogP contribution in [0.3, 0.4) is 0 Å². The summed E-state index contributed by atoms with van der Waals surface area (Å²) in [6.45, 7) is 2.17. The zero-order valence-electron chi connectivity index (χ0n) is 19.8. The van der Waals surface area contributed by atoms with E-state index < -0.39 is 0 Å². The molecule has 0 saturated heterocycles. The summed E-state index contributed by atoms with van der Waals surface area (Å²) in [7, 11) is 1.64. The second-order valence-corrected chi connectivity index (χ2v) is 9.79. The summed E-state index contributed by atoms with van der Waals surface area (Å²) >= 11 is 0. The van der Waals surface area contributed by atoms with Crippen molar-refractivity contribution in [1.29, 1.82) is 0 Å². The maximum Gasteiger partial charge on any atom is 0.251 e. The Kier molecular flexibility index (Phi) is 7.49. The van der Waals surface area contributed by atoms with Crippen LogP contribution < -0.4 is 10.6 Å². The molecule has 0 heterocycles. The number of hydrogen-bond acceptors (Lipinski definition) is 3. The Morgan fingerprint density at radius 3 is 2.09 bits per heavy atom. The minimum atomic E-state index is -0.190. The first-order chi connectivity index (χ1) is 15.9. The molecule has 2 saturated carbocycles. The SMILES string of the molecule is CNC(=O)c1ccc(-c2ccc(C3CCC(C(=O)N[C@H]4CC[C@@H](O)CC4)CC3)c(C)c2)cc1. The quantitative estimate of drug-likeness (QED) is 0.620. The van der Waals surface area contributed by atoms with Crippen molar-refractivity contribution in [3.05, 3.63) is 59.2 Å². The number of carbonyl (C=O) groups excluding carboxylic acids is 2. The fraction of sp³-hybridized carbons (Fsp3) is 0.500. The third-order valence-corrected chi connectivity index (χ3v) is 7.56. The molecule has 2 amide bonds. The molecule has 2 aliphatic rings. The van der Waals surface area contributed by atoms with Crippen molar-refractivity contribution in [3.8, 4) is 11.1 Å². The molecule has 4 rings (SSSR count). The smallest absolute Gasteiger partial charge is 0.251 e. The van der Waals surface area contributed by atoms with Gasteiger partial charge in [-0.2, -0.15) is 0 Å². The minimum absolute atomic E-state index is 0.0742. The van der Waals surface area contributed by atoms with Gasteiger partial charge in [-0.15, -0.1) is 0 Å². The molecule has 0 aromatic heterocycles. The van der Waals surface area contributed by atoms with Gasteiger partial charge in [0.2, 0.25) is 5.91 Å². The predicted molar refractivity (Wildman–Crippen MR) is 131 cm³/mol. The van der Waals surface area contributed by atoms with Crippen LogP contribution in [0.5, 0.6) is 0 Å². The third kappa shape index (κ3) is 5.64. The number of aliphatic hydroxyl groups excluding tert-OH is 1. The molecule has 2 fully saturated rings. The lowest BCUT2D eigenvalue weighted by Crippen LogP contribution is -2.42. The second kappa shape index (κ2) is 10.5. The Hall–Kier alpha value is -2.66. The van der Waals surface area contributed by atoms with Crippen LogP contribution in [0.25, 0.3) is 11.1 Å². The lowest BCUT2D eigenvalue weighted by Gasteiger charge is -2.32. The van der Waals surface area contributed by atoms with Crippen LogP contribution in [0.15, 0.2) is 42.5 Å². The molecule has 176 valence electrons. The highest BCUT2D eigenvalue weighted by Gasteiger charge is 2.30. The second-order valence-electron chi connectivity index (χ2n) is 9.79. The highest BCUT2D eigenvalue weighted by atomic mass is 16.3. The summed E-state index contributed by atoms with van der Waals surface area (Å²) in [4.78, 5) is 24.5. The average Bonchev–Trinajstić information content (AvgIpc) is 2.85. The first kappa shape index (κ1) is 23.5. The molecule has 0 aliphatic heterocycles. The van der Waals surface area contributed by atoms with E-state index in [4.69, 9.17) is 0 Å². The topological polar surface area (TPSA) is 78.4 Å². The van der Waals surface area contributed by atoms with Gasteiger partial charge in [-0.25, -0.2) is 0 Å². The van der Waals surface area contributed by atoms with Gasteiger partial charge in [0, 0.05) is 24.6 Å². The van der Waals surface area contributed by atoms with E-state index in [1.807, 2.05) is 24.3 Å². The van der Waals surface area contributed by atoms with E-state index in [0.717, 1.165) is 62.5 Å². The third-order valence-electron chi connectivity index (χ3n) is 7.56. The van der Waals surface area contributed by atoms with Crippen LogP contribution in [0.2, 0.25) is 0 Å². The number of benzene rings is 2. The van der Waals surface area contributed by atoms with Gasteiger partial charge in [0.1, 0.15) is 0 Å². The molecule has 2 aromatic rings. The van der Waals surface area contributed by atoms with E-state index >= 15 is 0 Å². The number of aliphatic hydroxyl groups is 1. The van der Waals surface area contributed by atoms with Gasteiger partial charge in [0.05, 0.1) is 6.10 Å². The van der Waals surface area contributed by atoms with Crippen LogP contribution >= 0.6 is 0 Å². The van der Waals surface area contributed by atoms with E-state index in [1.165, 1.54) is 11.1 Å². The predicted octanol–water partition coefficient (Wildman–Crippen LogP) is 4.72. The monoisotopic (exact) mass is 448 g/mol. The molecule has 0 bridgehead atoms. The molecule has 2 aromatic carbocycles. The maximum absolute atomic E-state index is 12.7. The fourth-order valence-corrected chi connectivity index (χ4v) is 5.48. The van der Waals surface area contributed by atoms with Crippen LogP contribution in [-0.4, -0.2) is 36.1 Å². The van der Waals surface area contributed by atoms with Crippen LogP contribution in [0.4, 0.5) is 0 Å². The highest BCUT2D eigenvalue weighted by Crippen LogP contribution is 2.38. The molecule has 0 unspecified atom stereocenters. The van der Waals surface area contributed by atoms with E-state index in [0.29, 0.717) is 11.5 Å². The Morgan fingerprint density at radius 1 is 0.848 bits per heavy atom. The first-order valence-corrected chi connectivity index (χ1v) is 12.4. The molecular weight excluding hydrogens is 412 g/mol. The number of amides is 2. The number of rotatable bonds is 5. The summed E-state index contributed by atoms with van der Waals surface area (Å²) in [5.41, 5.74) is 5.60. The molecule has 33 heavy (non-hydrogen) atoms. The Labute approximate surface area is 197 Å². The van der Waals surface area contributed by atoms with Crippen molar-refractivity contribution in [1.82, 2.24) is 10.6 Å². The van der Waals surface area contributed by atoms with Crippen molar-refractivity contribution in [3.63, 3.8) is 0 Å². The summed E-state index contributed by atoms with van der Waals surface area (Å²) < 4.78 is 0. The molecule has 5 heteroatoms. The Balaban J connectivity index is 1.34. The largest absolute Gasteiger partial charge is 0.393 e. The van der Waals surface area contributed by atoms with Crippen LogP contribution in [0, 0.1) is 12.8 Å². The molecule has 5 nitrogen and oxygen atoms in total. The first-order valence-electron chi connectivity index (χ1n) is 12.4. The number of nitrogens with one attached hydrogen (secondary N) is 2. The molecule has 0 radical (unpaired) electrons. The van der Waals surface area contributed by atoms with E-state index in [9.17, 15) is 14.7 Å². The van der Waals surface area contributed by atoms with Gasteiger partial charge in [-0.3, -0.25) is 9.59 Å². The van der Waals surface area contributed by atoms with Gasteiger partial charge in [0.15, 0.2) is 0 Å². The average molecular weight is 449 g/mol. The van der Waals surface area contributed by atoms with Gasteiger partial charge in [-0.05, 0) is 98.6 Å². The zero-order chi connectivity index (χ0) is 23.4. The summed E-state index contributed by atoms with van der Waals surface area (Å²) in [5.74, 6) is 0.757. The summed E-state index contributed by atoms with van der Waals surface area (Å²) in [5, 5.41) is 15.6. The maximum atomic E-state index is 12.7. The normalized spacial score (nSPS) is 25.3. The van der Waals surface area contributed by atoms with Gasteiger partial charge in [-0.1, -0.05) is 30.3 Å². The van der Waals surface area contributed by atoms with E-state index in [1.54, 1.807) is 7.05 Å². The van der Waals surface area contributed by atoms with Gasteiger partial charge in [0.25, 0.3) is 5.91 Å². The van der Waals surface area contributed by atoms with E-state index in [2.05, 4.69) is 35.8 Å². The highest BCUT2D eigenvalue weighted by molar-refractivity contribution is 5.94. The van der Waals surface area contributed by atoms with Crippen molar-refractivity contribution < 1.29 is 14.7 Å². The Bertz CT molecular complexity index is 969. The zero-order valence-corrected chi connectivity index (χ0v) is 19.8. The number of hydrogen-bond donors (Lipinski definition) is 3. The van der Waals surface area contributed by atoms with Crippen LogP contribution in [0.1, 0.15) is 78.8 Å². The standard InChI is InChI=1S/C28H36N2O3/c1-18-17-23(19-3-7-21(8-4-19)27(32)29-2)11-16-26(18)20-5-9-22(10-6-20)28(33)30-24-12-14-25(31)15-13-24/h3-4,7-8,11,16-17,20,22,24-25,31H,5-6,9-10,12-15H2,1-2H3,(H,29,32)(H,30,33)/t20?,22?,24-,25+. The molecule has 2 aliphatic carbocycles. The summed E-state index contributed by atoms with van der Waals surface area (Å²) in [6, 6.07) is 14.6.